The van der Waals surface area contributed by atoms with Gasteiger partial charge in [-0.05, 0) is 12.1 Å². The minimum Gasteiger partial charge on any atom is -0.312 e. The monoisotopic (exact) mass is 329 g/mol. The fourth-order valence-corrected chi connectivity index (χ4v) is 2.49. The van der Waals surface area contributed by atoms with E-state index in [1.165, 1.54) is 0 Å². The fraction of sp³-hybridized carbons (Fsp3) is 0.412. The zero-order valence-corrected chi connectivity index (χ0v) is 14.1. The third kappa shape index (κ3) is 5.45. The van der Waals surface area contributed by atoms with Gasteiger partial charge in [-0.2, -0.15) is 10.2 Å². The maximum Gasteiger partial charge on any atom is 0.199 e. The van der Waals surface area contributed by atoms with Crippen molar-refractivity contribution in [3.63, 3.8) is 0 Å². The van der Waals surface area contributed by atoms with E-state index in [9.17, 15) is 0 Å². The van der Waals surface area contributed by atoms with Gasteiger partial charge >= 0.3 is 0 Å². The van der Waals surface area contributed by atoms with Crippen molar-refractivity contribution in [2.24, 2.45) is 0 Å². The molecule has 2 rings (SSSR count). The second kappa shape index (κ2) is 10.5. The van der Waals surface area contributed by atoms with Crippen LogP contribution in [0.5, 0.6) is 0 Å². The van der Waals surface area contributed by atoms with E-state index in [1.807, 2.05) is 46.0 Å². The first kappa shape index (κ1) is 18.1. The largest absolute Gasteiger partial charge is 0.312 e. The first-order chi connectivity index (χ1) is 11.9. The van der Waals surface area contributed by atoms with Crippen LogP contribution in [0.15, 0.2) is 62.2 Å². The van der Waals surface area contributed by atoms with Crippen molar-refractivity contribution in [2.45, 2.75) is 6.29 Å². The Hall–Kier alpha value is -2.22. The summed E-state index contributed by atoms with van der Waals surface area (Å²) in [6.45, 7) is 12.6. The molecule has 0 aromatic carbocycles. The SMILES string of the molecule is C=CCNCCN(CCNCC=C)C(n1cccn1)n1cccn1. The summed E-state index contributed by atoms with van der Waals surface area (Å²) in [6, 6.07) is 3.86. The Balaban J connectivity index is 2.09. The molecule has 0 aliphatic carbocycles. The molecule has 0 radical (unpaired) electrons. The van der Waals surface area contributed by atoms with Crippen molar-refractivity contribution in [1.82, 2.24) is 35.1 Å². The molecule has 0 aliphatic heterocycles. The Morgan fingerprint density at radius 3 is 1.79 bits per heavy atom. The number of rotatable bonds is 13. The summed E-state index contributed by atoms with van der Waals surface area (Å²) in [6.07, 6.45) is 11.2. The molecule has 2 heterocycles. The summed E-state index contributed by atoms with van der Waals surface area (Å²) in [7, 11) is 0. The van der Waals surface area contributed by atoms with Crippen molar-refractivity contribution in [1.29, 1.82) is 0 Å². The third-order valence-corrected chi connectivity index (χ3v) is 3.58. The van der Waals surface area contributed by atoms with Crippen LogP contribution in [0, 0.1) is 0 Å². The summed E-state index contributed by atoms with van der Waals surface area (Å²) >= 11 is 0. The molecule has 0 spiro atoms. The van der Waals surface area contributed by atoms with Gasteiger partial charge in [-0.25, -0.2) is 9.36 Å². The van der Waals surface area contributed by atoms with Crippen LogP contribution in [0.25, 0.3) is 0 Å². The highest BCUT2D eigenvalue weighted by molar-refractivity contribution is 4.87. The molecule has 2 N–H and O–H groups in total. The summed E-state index contributed by atoms with van der Waals surface area (Å²) in [5, 5.41) is 15.6. The van der Waals surface area contributed by atoms with E-state index >= 15 is 0 Å². The zero-order valence-electron chi connectivity index (χ0n) is 14.1. The van der Waals surface area contributed by atoms with Gasteiger partial charge in [-0.15, -0.1) is 13.2 Å². The molecular formula is C17H27N7. The van der Waals surface area contributed by atoms with Crippen molar-refractivity contribution in [2.75, 3.05) is 39.3 Å². The van der Waals surface area contributed by atoms with E-state index in [4.69, 9.17) is 0 Å². The van der Waals surface area contributed by atoms with E-state index in [0.29, 0.717) is 0 Å². The van der Waals surface area contributed by atoms with Crippen LogP contribution in [0.3, 0.4) is 0 Å². The molecule has 2 aromatic heterocycles. The van der Waals surface area contributed by atoms with Crippen LogP contribution in [0.2, 0.25) is 0 Å². The predicted octanol–water partition coefficient (Wildman–Crippen LogP) is 0.937. The summed E-state index contributed by atoms with van der Waals surface area (Å²) < 4.78 is 3.85. The average Bonchev–Trinajstić information content (AvgIpc) is 3.29. The van der Waals surface area contributed by atoms with Gasteiger partial charge in [-0.3, -0.25) is 4.90 Å². The molecule has 0 fully saturated rings. The molecule has 0 unspecified atom stereocenters. The maximum absolute atomic E-state index is 4.42. The number of hydrogen-bond donors (Lipinski definition) is 2. The quantitative estimate of drug-likeness (QED) is 0.423. The number of nitrogens with one attached hydrogen (secondary N) is 2. The Morgan fingerprint density at radius 1 is 0.917 bits per heavy atom. The molecule has 0 saturated heterocycles. The number of nitrogens with zero attached hydrogens (tertiary/aromatic N) is 5. The van der Waals surface area contributed by atoms with Gasteiger partial charge < -0.3 is 10.6 Å². The predicted molar refractivity (Wildman–Crippen MR) is 96.6 cm³/mol. The standard InChI is InChI=1S/C17H27N7/c1-3-7-18-11-15-22(16-12-19-8-4-2)17(23-13-5-9-20-23)24-14-6-10-21-24/h3-6,9-10,13-14,17-19H,1-2,7-8,11-12,15-16H2. The van der Waals surface area contributed by atoms with Crippen LogP contribution < -0.4 is 10.6 Å². The molecule has 0 aliphatic rings. The first-order valence-corrected chi connectivity index (χ1v) is 8.22. The molecule has 0 bridgehead atoms. The second-order valence-electron chi connectivity index (χ2n) is 5.34. The highest BCUT2D eigenvalue weighted by Crippen LogP contribution is 2.13. The summed E-state index contributed by atoms with van der Waals surface area (Å²) in [5.41, 5.74) is 0. The molecule has 7 nitrogen and oxygen atoms in total. The minimum atomic E-state index is -0.0916. The lowest BCUT2D eigenvalue weighted by Gasteiger charge is -2.32. The van der Waals surface area contributed by atoms with E-state index in [1.54, 1.807) is 12.4 Å². The molecule has 7 heteroatoms. The minimum absolute atomic E-state index is 0.0916. The summed E-state index contributed by atoms with van der Waals surface area (Å²) in [5.74, 6) is 0. The van der Waals surface area contributed by atoms with Crippen LogP contribution >= 0.6 is 0 Å². The lowest BCUT2D eigenvalue weighted by Crippen LogP contribution is -2.44. The van der Waals surface area contributed by atoms with Gasteiger partial charge in [0.25, 0.3) is 0 Å². The van der Waals surface area contributed by atoms with Crippen molar-refractivity contribution in [3.05, 3.63) is 62.2 Å². The number of aromatic nitrogens is 4. The molecule has 130 valence electrons. The highest BCUT2D eigenvalue weighted by atomic mass is 15.6. The maximum atomic E-state index is 4.42. The lowest BCUT2D eigenvalue weighted by atomic mass is 10.4. The normalized spacial score (nSPS) is 11.2. The smallest absolute Gasteiger partial charge is 0.199 e. The van der Waals surface area contributed by atoms with Gasteiger partial charge in [0, 0.05) is 64.1 Å². The molecule has 0 saturated carbocycles. The van der Waals surface area contributed by atoms with E-state index < -0.39 is 0 Å². The highest BCUT2D eigenvalue weighted by Gasteiger charge is 2.22. The zero-order chi connectivity index (χ0) is 17.0. The molecule has 0 amide bonds. The van der Waals surface area contributed by atoms with E-state index in [2.05, 4.69) is 38.9 Å². The second-order valence-corrected chi connectivity index (χ2v) is 5.34. The fourth-order valence-electron chi connectivity index (χ4n) is 2.49. The van der Waals surface area contributed by atoms with Gasteiger partial charge in [0.15, 0.2) is 6.29 Å². The van der Waals surface area contributed by atoms with Crippen LogP contribution in [0.1, 0.15) is 6.29 Å². The topological polar surface area (TPSA) is 62.9 Å². The van der Waals surface area contributed by atoms with Crippen LogP contribution in [-0.2, 0) is 0 Å². The van der Waals surface area contributed by atoms with E-state index in [0.717, 1.165) is 39.3 Å². The van der Waals surface area contributed by atoms with Crippen molar-refractivity contribution in [3.8, 4) is 0 Å². The first-order valence-electron chi connectivity index (χ1n) is 8.22. The van der Waals surface area contributed by atoms with Gasteiger partial charge in [0.2, 0.25) is 0 Å². The Labute approximate surface area is 143 Å². The molecule has 24 heavy (non-hydrogen) atoms. The van der Waals surface area contributed by atoms with E-state index in [-0.39, 0.29) is 6.29 Å². The van der Waals surface area contributed by atoms with Crippen molar-refractivity contribution >= 4 is 0 Å². The number of hydrogen-bond acceptors (Lipinski definition) is 5. The molecule has 0 atom stereocenters. The molecule has 2 aromatic rings. The van der Waals surface area contributed by atoms with Gasteiger partial charge in [0.1, 0.15) is 0 Å². The van der Waals surface area contributed by atoms with Gasteiger partial charge in [0.05, 0.1) is 0 Å². The Bertz CT molecular complexity index is 512. The Morgan fingerprint density at radius 2 is 1.42 bits per heavy atom. The third-order valence-electron chi connectivity index (χ3n) is 3.58. The average molecular weight is 329 g/mol. The lowest BCUT2D eigenvalue weighted by molar-refractivity contribution is 0.0913. The summed E-state index contributed by atoms with van der Waals surface area (Å²) in [4.78, 5) is 2.34. The molecular weight excluding hydrogens is 302 g/mol. The van der Waals surface area contributed by atoms with Crippen LogP contribution in [0.4, 0.5) is 0 Å². The van der Waals surface area contributed by atoms with Gasteiger partial charge in [-0.1, -0.05) is 12.2 Å². The Kier molecular flexibility index (Phi) is 7.96. The van der Waals surface area contributed by atoms with Crippen molar-refractivity contribution < 1.29 is 0 Å². The van der Waals surface area contributed by atoms with Crippen LogP contribution in [-0.4, -0.2) is 63.7 Å².